The van der Waals surface area contributed by atoms with Crippen molar-refractivity contribution in [2.45, 2.75) is 52.4 Å². The summed E-state index contributed by atoms with van der Waals surface area (Å²) in [5.74, 6) is 0.997. The number of non-ortho nitro benzene ring substituents is 1. The minimum Gasteiger partial charge on any atom is -0.455 e. The van der Waals surface area contributed by atoms with E-state index in [-0.39, 0.29) is 11.6 Å². The number of aryl methyl sites for hydroxylation is 3. The van der Waals surface area contributed by atoms with Crippen molar-refractivity contribution in [1.82, 2.24) is 0 Å². The molecular weight excluding hydrogens is 498 g/mol. The van der Waals surface area contributed by atoms with Crippen LogP contribution in [0.1, 0.15) is 63.4 Å². The van der Waals surface area contributed by atoms with E-state index in [0.29, 0.717) is 22.1 Å². The van der Waals surface area contributed by atoms with Crippen LogP contribution in [0.5, 0.6) is 0 Å². The number of carbonyl (C=O) groups is 1. The summed E-state index contributed by atoms with van der Waals surface area (Å²) in [6.07, 6.45) is 8.04. The molecule has 8 heteroatoms. The SMILES string of the molecule is Cc1ccc(NC(=O)c2c(N=Cc3ccc(-c4ccc([N+](=O)[O-])cc4)o3)sc3c2CCCCCC3)cc1C. The first-order chi connectivity index (χ1) is 18.4. The van der Waals surface area contributed by atoms with Crippen molar-refractivity contribution in [3.05, 3.63) is 97.6 Å². The fourth-order valence-electron chi connectivity index (χ4n) is 4.69. The maximum absolute atomic E-state index is 13.6. The molecule has 5 rings (SSSR count). The first-order valence-corrected chi connectivity index (χ1v) is 13.6. The van der Waals surface area contributed by atoms with Crippen LogP contribution in [0.25, 0.3) is 11.3 Å². The van der Waals surface area contributed by atoms with E-state index in [9.17, 15) is 14.9 Å². The molecule has 0 fully saturated rings. The van der Waals surface area contributed by atoms with E-state index in [1.807, 2.05) is 31.2 Å². The predicted octanol–water partition coefficient (Wildman–Crippen LogP) is 8.20. The lowest BCUT2D eigenvalue weighted by Gasteiger charge is -2.12. The van der Waals surface area contributed by atoms with E-state index in [2.05, 4.69) is 12.2 Å². The average molecular weight is 528 g/mol. The third-order valence-corrected chi connectivity index (χ3v) is 8.14. The van der Waals surface area contributed by atoms with Gasteiger partial charge in [0.2, 0.25) is 0 Å². The van der Waals surface area contributed by atoms with Crippen molar-refractivity contribution in [2.75, 3.05) is 5.32 Å². The Morgan fingerprint density at radius 1 is 1.00 bits per heavy atom. The highest BCUT2D eigenvalue weighted by molar-refractivity contribution is 7.16. The summed E-state index contributed by atoms with van der Waals surface area (Å²) in [7, 11) is 0. The summed E-state index contributed by atoms with van der Waals surface area (Å²) in [5.41, 5.74) is 5.63. The number of aliphatic imine (C=N–C) groups is 1. The van der Waals surface area contributed by atoms with Crippen LogP contribution in [0.3, 0.4) is 0 Å². The van der Waals surface area contributed by atoms with E-state index < -0.39 is 4.92 Å². The smallest absolute Gasteiger partial charge is 0.269 e. The van der Waals surface area contributed by atoms with E-state index in [1.165, 1.54) is 35.4 Å². The first-order valence-electron chi connectivity index (χ1n) is 12.8. The number of rotatable bonds is 6. The Balaban J connectivity index is 1.44. The van der Waals surface area contributed by atoms with Gasteiger partial charge in [0, 0.05) is 28.3 Å². The van der Waals surface area contributed by atoms with Crippen LogP contribution in [-0.4, -0.2) is 17.0 Å². The number of benzene rings is 2. The Hall–Kier alpha value is -4.04. The van der Waals surface area contributed by atoms with Crippen molar-refractivity contribution in [3.63, 3.8) is 0 Å². The molecule has 2 aromatic heterocycles. The third-order valence-electron chi connectivity index (χ3n) is 6.94. The van der Waals surface area contributed by atoms with Crippen LogP contribution in [-0.2, 0) is 12.8 Å². The number of fused-ring (bicyclic) bond motifs is 1. The van der Waals surface area contributed by atoms with Gasteiger partial charge in [0.05, 0.1) is 16.7 Å². The average Bonchev–Trinajstić information content (AvgIpc) is 3.49. The Morgan fingerprint density at radius 2 is 1.76 bits per heavy atom. The number of nitro benzene ring substituents is 1. The van der Waals surface area contributed by atoms with Crippen molar-refractivity contribution in [2.24, 2.45) is 4.99 Å². The zero-order valence-corrected chi connectivity index (χ0v) is 22.3. The highest BCUT2D eigenvalue weighted by Gasteiger charge is 2.24. The van der Waals surface area contributed by atoms with Gasteiger partial charge in [-0.3, -0.25) is 14.9 Å². The second-order valence-electron chi connectivity index (χ2n) is 9.62. The normalized spacial score (nSPS) is 13.6. The molecule has 0 spiro atoms. The lowest BCUT2D eigenvalue weighted by Crippen LogP contribution is -2.14. The zero-order valence-electron chi connectivity index (χ0n) is 21.5. The fourth-order valence-corrected chi connectivity index (χ4v) is 5.92. The van der Waals surface area contributed by atoms with Gasteiger partial charge in [-0.05, 0) is 92.6 Å². The van der Waals surface area contributed by atoms with E-state index in [4.69, 9.17) is 9.41 Å². The van der Waals surface area contributed by atoms with Gasteiger partial charge in [-0.1, -0.05) is 18.9 Å². The molecule has 38 heavy (non-hydrogen) atoms. The number of nitro groups is 1. The second-order valence-corrected chi connectivity index (χ2v) is 10.7. The van der Waals surface area contributed by atoms with E-state index in [0.717, 1.165) is 48.1 Å². The molecule has 0 saturated heterocycles. The molecule has 194 valence electrons. The second kappa shape index (κ2) is 11.1. The molecule has 0 unspecified atom stereocenters. The largest absolute Gasteiger partial charge is 0.455 e. The maximum Gasteiger partial charge on any atom is 0.269 e. The van der Waals surface area contributed by atoms with Gasteiger partial charge in [-0.15, -0.1) is 11.3 Å². The number of carbonyl (C=O) groups excluding carboxylic acids is 1. The fraction of sp³-hybridized carbons (Fsp3) is 0.267. The Morgan fingerprint density at radius 3 is 2.50 bits per heavy atom. The summed E-state index contributed by atoms with van der Waals surface area (Å²) in [4.78, 5) is 30.1. The molecule has 0 aliphatic heterocycles. The van der Waals surface area contributed by atoms with Gasteiger partial charge >= 0.3 is 0 Å². The lowest BCUT2D eigenvalue weighted by atomic mass is 9.96. The highest BCUT2D eigenvalue weighted by Crippen LogP contribution is 2.39. The quantitative estimate of drug-likeness (QED) is 0.155. The molecule has 1 N–H and O–H groups in total. The molecule has 1 aliphatic rings. The molecule has 0 saturated carbocycles. The summed E-state index contributed by atoms with van der Waals surface area (Å²) in [5, 5.41) is 14.7. The molecule has 4 aromatic rings. The third kappa shape index (κ3) is 5.60. The van der Waals surface area contributed by atoms with Crippen molar-refractivity contribution in [3.8, 4) is 11.3 Å². The summed E-state index contributed by atoms with van der Waals surface area (Å²) >= 11 is 1.59. The van der Waals surface area contributed by atoms with Gasteiger partial charge in [-0.25, -0.2) is 4.99 Å². The lowest BCUT2D eigenvalue weighted by molar-refractivity contribution is -0.384. The topological polar surface area (TPSA) is 97.7 Å². The molecule has 0 bridgehead atoms. The number of furan rings is 1. The van der Waals surface area contributed by atoms with E-state index in [1.54, 1.807) is 35.8 Å². The number of thiophene rings is 1. The molecule has 1 aliphatic carbocycles. The Bertz CT molecular complexity index is 1510. The summed E-state index contributed by atoms with van der Waals surface area (Å²) in [6.45, 7) is 4.09. The van der Waals surface area contributed by atoms with Crippen LogP contribution in [0.15, 0.2) is 64.0 Å². The Kier molecular flexibility index (Phi) is 7.51. The monoisotopic (exact) mass is 527 g/mol. The standard InChI is InChI=1S/C30H29N3O4S/c1-19-9-12-22(17-20(19)2)32-29(34)28-25-7-5-3-4-6-8-27(25)38-30(28)31-18-24-15-16-26(37-24)21-10-13-23(14-11-21)33(35)36/h9-18H,3-8H2,1-2H3,(H,32,34). The maximum atomic E-state index is 13.6. The highest BCUT2D eigenvalue weighted by atomic mass is 32.1. The summed E-state index contributed by atoms with van der Waals surface area (Å²) < 4.78 is 5.94. The Labute approximate surface area is 225 Å². The van der Waals surface area contributed by atoms with E-state index >= 15 is 0 Å². The minimum absolute atomic E-state index is 0.0296. The number of hydrogen-bond donors (Lipinski definition) is 1. The zero-order chi connectivity index (χ0) is 26.6. The van der Waals surface area contributed by atoms with Crippen LogP contribution in [0.2, 0.25) is 0 Å². The van der Waals surface area contributed by atoms with Crippen LogP contribution in [0.4, 0.5) is 16.4 Å². The molecule has 0 radical (unpaired) electrons. The number of nitrogens with one attached hydrogen (secondary N) is 1. The van der Waals surface area contributed by atoms with Crippen LogP contribution >= 0.6 is 11.3 Å². The van der Waals surface area contributed by atoms with Crippen LogP contribution in [0, 0.1) is 24.0 Å². The van der Waals surface area contributed by atoms with Gasteiger partial charge in [-0.2, -0.15) is 0 Å². The van der Waals surface area contributed by atoms with Gasteiger partial charge < -0.3 is 9.73 Å². The summed E-state index contributed by atoms with van der Waals surface area (Å²) in [6, 6.07) is 15.8. The number of amides is 1. The molecule has 2 heterocycles. The van der Waals surface area contributed by atoms with Gasteiger partial charge in [0.25, 0.3) is 11.6 Å². The van der Waals surface area contributed by atoms with Gasteiger partial charge in [0.1, 0.15) is 16.5 Å². The predicted molar refractivity (Wildman–Crippen MR) is 152 cm³/mol. The number of hydrogen-bond acceptors (Lipinski definition) is 6. The molecule has 0 atom stereocenters. The number of nitrogens with zero attached hydrogens (tertiary/aromatic N) is 2. The first kappa shape index (κ1) is 25.6. The molecule has 7 nitrogen and oxygen atoms in total. The van der Waals surface area contributed by atoms with Gasteiger partial charge in [0.15, 0.2) is 0 Å². The van der Waals surface area contributed by atoms with Crippen LogP contribution < -0.4 is 5.32 Å². The molecule has 1 amide bonds. The van der Waals surface area contributed by atoms with Crippen molar-refractivity contribution >= 4 is 39.8 Å². The van der Waals surface area contributed by atoms with Crippen molar-refractivity contribution < 1.29 is 14.1 Å². The minimum atomic E-state index is -0.428. The molecular formula is C30H29N3O4S. The van der Waals surface area contributed by atoms with Crippen molar-refractivity contribution in [1.29, 1.82) is 0 Å². The molecule has 2 aromatic carbocycles. The number of anilines is 1.